The maximum absolute atomic E-state index is 13.2. The number of benzene rings is 2. The third kappa shape index (κ3) is 2.57. The van der Waals surface area contributed by atoms with E-state index in [-0.39, 0.29) is 17.0 Å². The molecule has 136 valence electrons. The van der Waals surface area contributed by atoms with Crippen molar-refractivity contribution in [2.24, 2.45) is 11.1 Å². The Hall–Kier alpha value is -3.55. The molecule has 2 aromatic carbocycles. The zero-order chi connectivity index (χ0) is 19.1. The SMILES string of the molecule is COC(=O)c1ccccc1N1C(=O)[C@@H]2C(c3ccc(F)cc3)=NO[C@H]2C1=O. The standard InChI is InChI=1S/C19H13FN2O5/c1-26-19(25)12-4-2-3-5-13(12)22-17(23)14-15(21-27-16(14)18(22)24)10-6-8-11(20)9-7-10/h2-9,14,16H,1H3/t14-,16-/m1/s1. The van der Waals surface area contributed by atoms with Gasteiger partial charge >= 0.3 is 5.97 Å². The molecular weight excluding hydrogens is 355 g/mol. The molecule has 8 heteroatoms. The third-order valence-electron chi connectivity index (χ3n) is 4.50. The molecule has 2 amide bonds. The Morgan fingerprint density at radius 2 is 1.81 bits per heavy atom. The average molecular weight is 368 g/mol. The Morgan fingerprint density at radius 3 is 2.52 bits per heavy atom. The second-order valence-corrected chi connectivity index (χ2v) is 6.01. The van der Waals surface area contributed by atoms with Crippen molar-refractivity contribution < 1.29 is 28.3 Å². The fourth-order valence-electron chi connectivity index (χ4n) is 3.23. The monoisotopic (exact) mass is 368 g/mol. The summed E-state index contributed by atoms with van der Waals surface area (Å²) in [5, 5.41) is 3.86. The second kappa shape index (κ2) is 6.31. The van der Waals surface area contributed by atoms with Crippen LogP contribution in [0.15, 0.2) is 53.7 Å². The number of oxime groups is 1. The Balaban J connectivity index is 1.73. The van der Waals surface area contributed by atoms with Crippen LogP contribution >= 0.6 is 0 Å². The predicted octanol–water partition coefficient (Wildman–Crippen LogP) is 1.90. The highest BCUT2D eigenvalue weighted by Gasteiger charge is 2.56. The molecule has 0 N–H and O–H groups in total. The van der Waals surface area contributed by atoms with Gasteiger partial charge in [0.05, 0.1) is 18.4 Å². The van der Waals surface area contributed by atoms with E-state index < -0.39 is 35.6 Å². The van der Waals surface area contributed by atoms with E-state index in [1.165, 1.54) is 43.5 Å². The van der Waals surface area contributed by atoms with E-state index in [2.05, 4.69) is 5.16 Å². The number of para-hydroxylation sites is 1. The lowest BCUT2D eigenvalue weighted by Crippen LogP contribution is -2.34. The van der Waals surface area contributed by atoms with Crippen molar-refractivity contribution in [3.8, 4) is 0 Å². The van der Waals surface area contributed by atoms with Gasteiger partial charge in [-0.3, -0.25) is 9.59 Å². The van der Waals surface area contributed by atoms with E-state index in [4.69, 9.17) is 9.57 Å². The Morgan fingerprint density at radius 1 is 1.11 bits per heavy atom. The number of anilines is 1. The van der Waals surface area contributed by atoms with Gasteiger partial charge < -0.3 is 9.57 Å². The van der Waals surface area contributed by atoms with Crippen LogP contribution in [0, 0.1) is 11.7 Å². The molecule has 2 aromatic rings. The van der Waals surface area contributed by atoms with Crippen LogP contribution in [0.2, 0.25) is 0 Å². The molecule has 1 saturated heterocycles. The number of halogens is 1. The zero-order valence-corrected chi connectivity index (χ0v) is 14.1. The number of hydrogen-bond donors (Lipinski definition) is 0. The molecule has 2 atom stereocenters. The first-order chi connectivity index (χ1) is 13.0. The van der Waals surface area contributed by atoms with Crippen LogP contribution in [0.25, 0.3) is 0 Å². The maximum Gasteiger partial charge on any atom is 0.339 e. The van der Waals surface area contributed by atoms with Gasteiger partial charge in [0, 0.05) is 5.56 Å². The Labute approximate surface area is 153 Å². The van der Waals surface area contributed by atoms with E-state index in [9.17, 15) is 18.8 Å². The van der Waals surface area contributed by atoms with Gasteiger partial charge in [0.2, 0.25) is 12.0 Å². The summed E-state index contributed by atoms with van der Waals surface area (Å²) < 4.78 is 17.9. The van der Waals surface area contributed by atoms with E-state index in [0.717, 1.165) is 4.90 Å². The molecule has 2 aliphatic rings. The summed E-state index contributed by atoms with van der Waals surface area (Å²) in [4.78, 5) is 43.9. The number of hydrogen-bond acceptors (Lipinski definition) is 6. The summed E-state index contributed by atoms with van der Waals surface area (Å²) >= 11 is 0. The quantitative estimate of drug-likeness (QED) is 0.610. The van der Waals surface area contributed by atoms with E-state index in [1.54, 1.807) is 12.1 Å². The fourth-order valence-corrected chi connectivity index (χ4v) is 3.23. The minimum absolute atomic E-state index is 0.0851. The number of esters is 1. The first-order valence-corrected chi connectivity index (χ1v) is 8.07. The lowest BCUT2D eigenvalue weighted by molar-refractivity contribution is -0.126. The number of imide groups is 1. The molecule has 4 rings (SSSR count). The number of fused-ring (bicyclic) bond motifs is 1. The minimum atomic E-state index is -1.12. The topological polar surface area (TPSA) is 85.3 Å². The summed E-state index contributed by atoms with van der Waals surface area (Å²) in [5.41, 5.74) is 0.933. The van der Waals surface area contributed by atoms with Crippen molar-refractivity contribution in [3.05, 3.63) is 65.5 Å². The van der Waals surface area contributed by atoms with E-state index in [0.29, 0.717) is 5.56 Å². The fraction of sp³-hybridized carbons (Fsp3) is 0.158. The minimum Gasteiger partial charge on any atom is -0.465 e. The Kier molecular flexibility index (Phi) is 3.95. The van der Waals surface area contributed by atoms with Gasteiger partial charge in [-0.25, -0.2) is 14.1 Å². The van der Waals surface area contributed by atoms with Crippen LogP contribution in [-0.4, -0.2) is 36.7 Å². The lowest BCUT2D eigenvalue weighted by Gasteiger charge is -2.18. The average Bonchev–Trinajstić information content (AvgIpc) is 3.22. The first kappa shape index (κ1) is 16.9. The van der Waals surface area contributed by atoms with Crippen LogP contribution in [-0.2, 0) is 19.2 Å². The summed E-state index contributed by atoms with van der Waals surface area (Å²) in [7, 11) is 1.21. The van der Waals surface area contributed by atoms with Gasteiger partial charge in [-0.2, -0.15) is 0 Å². The summed E-state index contributed by atoms with van der Waals surface area (Å²) in [5.74, 6) is -3.26. The third-order valence-corrected chi connectivity index (χ3v) is 4.50. The van der Waals surface area contributed by atoms with Crippen LogP contribution in [0.4, 0.5) is 10.1 Å². The van der Waals surface area contributed by atoms with E-state index >= 15 is 0 Å². The summed E-state index contributed by atoms with van der Waals surface area (Å²) in [6.07, 6.45) is -1.12. The summed E-state index contributed by atoms with van der Waals surface area (Å²) in [6.45, 7) is 0. The number of amides is 2. The lowest BCUT2D eigenvalue weighted by atomic mass is 9.94. The Bertz CT molecular complexity index is 986. The zero-order valence-electron chi connectivity index (χ0n) is 14.1. The molecule has 2 aliphatic heterocycles. The molecule has 0 unspecified atom stereocenters. The van der Waals surface area contributed by atoms with Crippen molar-refractivity contribution in [2.75, 3.05) is 12.0 Å². The number of nitrogens with zero attached hydrogens (tertiary/aromatic N) is 2. The van der Waals surface area contributed by atoms with Crippen LogP contribution in [0.3, 0.4) is 0 Å². The highest BCUT2D eigenvalue weighted by Crippen LogP contribution is 2.36. The molecule has 0 aromatic heterocycles. The molecule has 0 saturated carbocycles. The van der Waals surface area contributed by atoms with Gasteiger partial charge in [-0.15, -0.1) is 0 Å². The van der Waals surface area contributed by atoms with Crippen molar-refractivity contribution in [3.63, 3.8) is 0 Å². The first-order valence-electron chi connectivity index (χ1n) is 8.07. The van der Waals surface area contributed by atoms with Crippen molar-refractivity contribution in [1.29, 1.82) is 0 Å². The van der Waals surface area contributed by atoms with Gasteiger partial charge in [0.15, 0.2) is 0 Å². The molecule has 0 radical (unpaired) electrons. The molecule has 0 aliphatic carbocycles. The molecule has 2 heterocycles. The smallest absolute Gasteiger partial charge is 0.339 e. The van der Waals surface area contributed by atoms with Crippen LogP contribution < -0.4 is 4.90 Å². The van der Waals surface area contributed by atoms with Gasteiger partial charge in [-0.05, 0) is 24.3 Å². The number of carbonyl (C=O) groups is 3. The number of rotatable bonds is 3. The molecule has 27 heavy (non-hydrogen) atoms. The predicted molar refractivity (Wildman–Crippen MR) is 91.6 cm³/mol. The van der Waals surface area contributed by atoms with Crippen molar-refractivity contribution >= 4 is 29.2 Å². The molecule has 0 bridgehead atoms. The van der Waals surface area contributed by atoms with Crippen molar-refractivity contribution in [1.82, 2.24) is 0 Å². The maximum atomic E-state index is 13.2. The summed E-state index contributed by atoms with van der Waals surface area (Å²) in [6, 6.07) is 11.5. The van der Waals surface area contributed by atoms with Crippen LogP contribution in [0.1, 0.15) is 15.9 Å². The number of ether oxygens (including phenoxy) is 1. The number of methoxy groups -OCH3 is 1. The van der Waals surface area contributed by atoms with E-state index in [1.807, 2.05) is 0 Å². The second-order valence-electron chi connectivity index (χ2n) is 6.01. The van der Waals surface area contributed by atoms with Crippen LogP contribution in [0.5, 0.6) is 0 Å². The van der Waals surface area contributed by atoms with Crippen molar-refractivity contribution in [2.45, 2.75) is 6.10 Å². The van der Waals surface area contributed by atoms with Gasteiger partial charge in [-0.1, -0.05) is 29.4 Å². The van der Waals surface area contributed by atoms with Gasteiger partial charge in [0.25, 0.3) is 5.91 Å². The molecule has 0 spiro atoms. The highest BCUT2D eigenvalue weighted by molar-refractivity contribution is 6.33. The molecule has 7 nitrogen and oxygen atoms in total. The number of carbonyl (C=O) groups excluding carboxylic acids is 3. The largest absolute Gasteiger partial charge is 0.465 e. The highest BCUT2D eigenvalue weighted by atomic mass is 19.1. The van der Waals surface area contributed by atoms with Gasteiger partial charge in [0.1, 0.15) is 17.4 Å². The molecule has 1 fully saturated rings. The normalized spacial score (nSPS) is 21.0. The molecular formula is C19H13FN2O5.